The lowest BCUT2D eigenvalue weighted by Gasteiger charge is -2.14. The van der Waals surface area contributed by atoms with Crippen molar-refractivity contribution in [3.05, 3.63) is 93.4 Å². The van der Waals surface area contributed by atoms with Crippen LogP contribution in [0.25, 0.3) is 5.69 Å². The fraction of sp³-hybridized carbons (Fsp3) is 0.105. The molecule has 0 atom stereocenters. The molecule has 0 aliphatic carbocycles. The predicted molar refractivity (Wildman–Crippen MR) is 90.4 cm³/mol. The Morgan fingerprint density at radius 1 is 0.923 bits per heavy atom. The lowest BCUT2D eigenvalue weighted by molar-refractivity contribution is 0.564. The van der Waals surface area contributed by atoms with Crippen LogP contribution in [0.4, 0.5) is 23.2 Å². The Labute approximate surface area is 146 Å². The minimum Gasteiger partial charge on any atom is -0.381 e. The van der Waals surface area contributed by atoms with Crippen LogP contribution >= 0.6 is 0 Å². The Kier molecular flexibility index (Phi) is 4.79. The van der Waals surface area contributed by atoms with Crippen molar-refractivity contribution in [2.75, 3.05) is 5.32 Å². The van der Waals surface area contributed by atoms with E-state index in [4.69, 9.17) is 0 Å². The van der Waals surface area contributed by atoms with Crippen molar-refractivity contribution in [3.63, 3.8) is 0 Å². The molecule has 3 rings (SSSR count). The smallest absolute Gasteiger partial charge is 0.257 e. The van der Waals surface area contributed by atoms with Gasteiger partial charge in [0.2, 0.25) is 0 Å². The zero-order chi connectivity index (χ0) is 18.8. The number of benzene rings is 2. The summed E-state index contributed by atoms with van der Waals surface area (Å²) in [5.41, 5.74) is -0.233. The summed E-state index contributed by atoms with van der Waals surface area (Å²) in [6.07, 6.45) is 0. The second-order valence-electron chi connectivity index (χ2n) is 5.72. The van der Waals surface area contributed by atoms with Gasteiger partial charge in [-0.3, -0.25) is 9.36 Å². The highest BCUT2D eigenvalue weighted by atomic mass is 19.1. The van der Waals surface area contributed by atoms with E-state index in [9.17, 15) is 22.4 Å². The van der Waals surface area contributed by atoms with Gasteiger partial charge < -0.3 is 5.32 Å². The van der Waals surface area contributed by atoms with E-state index in [0.717, 1.165) is 34.9 Å². The molecule has 1 aromatic heterocycles. The Morgan fingerprint density at radius 3 is 2.23 bits per heavy atom. The van der Waals surface area contributed by atoms with Gasteiger partial charge in [0.25, 0.3) is 5.56 Å². The lowest BCUT2D eigenvalue weighted by atomic mass is 10.2. The molecule has 0 amide bonds. The van der Waals surface area contributed by atoms with Crippen molar-refractivity contribution in [3.8, 4) is 5.69 Å². The molecule has 0 aliphatic rings. The summed E-state index contributed by atoms with van der Waals surface area (Å²) in [6, 6.07) is 9.18. The minimum atomic E-state index is -0.857. The van der Waals surface area contributed by atoms with Crippen LogP contribution in [0.2, 0.25) is 0 Å². The maximum Gasteiger partial charge on any atom is 0.257 e. The molecule has 1 heterocycles. The summed E-state index contributed by atoms with van der Waals surface area (Å²) in [5, 5.41) is 2.85. The highest BCUT2D eigenvalue weighted by Crippen LogP contribution is 2.19. The first-order chi connectivity index (χ1) is 12.4. The van der Waals surface area contributed by atoms with Crippen molar-refractivity contribution in [1.82, 2.24) is 4.57 Å². The number of nitrogens with zero attached hydrogens (tertiary/aromatic N) is 1. The van der Waals surface area contributed by atoms with Gasteiger partial charge in [-0.1, -0.05) is 12.1 Å². The van der Waals surface area contributed by atoms with Crippen molar-refractivity contribution < 1.29 is 17.6 Å². The van der Waals surface area contributed by atoms with E-state index >= 15 is 0 Å². The Bertz CT molecular complexity index is 1010. The first-order valence-electron chi connectivity index (χ1n) is 7.72. The normalized spacial score (nSPS) is 10.8. The molecule has 134 valence electrons. The van der Waals surface area contributed by atoms with E-state index in [-0.39, 0.29) is 12.1 Å². The molecule has 7 heteroatoms. The molecule has 0 spiro atoms. The van der Waals surface area contributed by atoms with Gasteiger partial charge in [0.15, 0.2) is 0 Å². The summed E-state index contributed by atoms with van der Waals surface area (Å²) in [6.45, 7) is 1.54. The molecule has 0 saturated heterocycles. The number of aromatic nitrogens is 1. The molecule has 0 aliphatic heterocycles. The number of rotatable bonds is 4. The number of hydrogen-bond acceptors (Lipinski definition) is 2. The van der Waals surface area contributed by atoms with Gasteiger partial charge in [0.05, 0.1) is 0 Å². The molecule has 0 bridgehead atoms. The second-order valence-corrected chi connectivity index (χ2v) is 5.72. The summed E-state index contributed by atoms with van der Waals surface area (Å²) in [4.78, 5) is 12.4. The van der Waals surface area contributed by atoms with Crippen LogP contribution in [-0.4, -0.2) is 4.57 Å². The SMILES string of the molecule is Cc1cc(NCc2ccc(F)cc2F)cc(=O)n1-c1c(F)cccc1F. The van der Waals surface area contributed by atoms with Crippen molar-refractivity contribution in [1.29, 1.82) is 0 Å². The first kappa shape index (κ1) is 17.7. The third kappa shape index (κ3) is 3.46. The van der Waals surface area contributed by atoms with E-state index in [1.165, 1.54) is 25.1 Å². The Morgan fingerprint density at radius 2 is 1.62 bits per heavy atom. The second kappa shape index (κ2) is 7.03. The van der Waals surface area contributed by atoms with Gasteiger partial charge in [-0.05, 0) is 31.2 Å². The topological polar surface area (TPSA) is 34.0 Å². The molecular formula is C19H14F4N2O. The van der Waals surface area contributed by atoms with Gasteiger partial charge in [-0.15, -0.1) is 0 Å². The van der Waals surface area contributed by atoms with Gasteiger partial charge in [0.1, 0.15) is 29.0 Å². The number of anilines is 1. The third-order valence-electron chi connectivity index (χ3n) is 3.88. The number of halogens is 4. The van der Waals surface area contributed by atoms with Crippen LogP contribution in [0, 0.1) is 30.2 Å². The molecule has 0 radical (unpaired) electrons. The van der Waals surface area contributed by atoms with Crippen molar-refractivity contribution in [2.45, 2.75) is 13.5 Å². The molecule has 3 aromatic rings. The maximum absolute atomic E-state index is 14.0. The van der Waals surface area contributed by atoms with E-state index in [2.05, 4.69) is 5.32 Å². The third-order valence-corrected chi connectivity index (χ3v) is 3.88. The molecule has 2 aromatic carbocycles. The largest absolute Gasteiger partial charge is 0.381 e. The highest BCUT2D eigenvalue weighted by molar-refractivity contribution is 5.47. The van der Waals surface area contributed by atoms with E-state index in [0.29, 0.717) is 11.4 Å². The van der Waals surface area contributed by atoms with Crippen LogP contribution in [0.15, 0.2) is 53.3 Å². The molecule has 3 nitrogen and oxygen atoms in total. The average molecular weight is 362 g/mol. The van der Waals surface area contributed by atoms with Crippen LogP contribution in [0.1, 0.15) is 11.3 Å². The molecule has 0 unspecified atom stereocenters. The number of nitrogens with one attached hydrogen (secondary N) is 1. The molecule has 26 heavy (non-hydrogen) atoms. The van der Waals surface area contributed by atoms with Crippen LogP contribution < -0.4 is 10.9 Å². The van der Waals surface area contributed by atoms with Crippen molar-refractivity contribution in [2.24, 2.45) is 0 Å². The van der Waals surface area contributed by atoms with Gasteiger partial charge in [0, 0.05) is 35.6 Å². The summed E-state index contributed by atoms with van der Waals surface area (Å²) < 4.78 is 55.4. The van der Waals surface area contributed by atoms with Crippen molar-refractivity contribution >= 4 is 5.69 Å². The van der Waals surface area contributed by atoms with Gasteiger partial charge in [-0.25, -0.2) is 17.6 Å². The van der Waals surface area contributed by atoms with E-state index < -0.39 is 34.5 Å². The Hall–Kier alpha value is -3.09. The van der Waals surface area contributed by atoms with E-state index in [1.807, 2.05) is 0 Å². The standard InChI is InChI=1S/C19H14F4N2O/c1-11-7-14(24-10-12-5-6-13(20)8-17(12)23)9-18(26)25(11)19-15(21)3-2-4-16(19)22/h2-9,24H,10H2,1H3. The fourth-order valence-corrected chi connectivity index (χ4v) is 2.66. The minimum absolute atomic E-state index is 0.0169. The van der Waals surface area contributed by atoms with Gasteiger partial charge in [-0.2, -0.15) is 0 Å². The Balaban J connectivity index is 1.92. The highest BCUT2D eigenvalue weighted by Gasteiger charge is 2.15. The number of aryl methyl sites for hydroxylation is 1. The monoisotopic (exact) mass is 362 g/mol. The first-order valence-corrected chi connectivity index (χ1v) is 7.72. The molecule has 0 saturated carbocycles. The number of para-hydroxylation sites is 1. The molecular weight excluding hydrogens is 348 g/mol. The molecule has 1 N–H and O–H groups in total. The van der Waals surface area contributed by atoms with Crippen LogP contribution in [0.3, 0.4) is 0 Å². The summed E-state index contributed by atoms with van der Waals surface area (Å²) in [7, 11) is 0. The maximum atomic E-state index is 14.0. The quantitative estimate of drug-likeness (QED) is 0.702. The van der Waals surface area contributed by atoms with Crippen LogP contribution in [0.5, 0.6) is 0 Å². The van der Waals surface area contributed by atoms with Crippen LogP contribution in [-0.2, 0) is 6.54 Å². The van der Waals surface area contributed by atoms with Gasteiger partial charge >= 0.3 is 0 Å². The fourth-order valence-electron chi connectivity index (χ4n) is 2.66. The zero-order valence-corrected chi connectivity index (χ0v) is 13.7. The zero-order valence-electron chi connectivity index (χ0n) is 13.7. The number of hydrogen-bond donors (Lipinski definition) is 1. The number of pyridine rings is 1. The molecule has 0 fully saturated rings. The van der Waals surface area contributed by atoms with E-state index in [1.54, 1.807) is 0 Å². The summed E-state index contributed by atoms with van der Waals surface area (Å²) >= 11 is 0. The summed E-state index contributed by atoms with van der Waals surface area (Å²) in [5.74, 6) is -3.11. The predicted octanol–water partition coefficient (Wildman–Crippen LogP) is 4.31. The lowest BCUT2D eigenvalue weighted by Crippen LogP contribution is -2.22. The average Bonchev–Trinajstić information content (AvgIpc) is 2.56.